The molecule has 56 valence electrons. The van der Waals surface area contributed by atoms with Gasteiger partial charge in [0.05, 0.1) is 0 Å². The van der Waals surface area contributed by atoms with Crippen molar-refractivity contribution in [3.63, 3.8) is 0 Å². The first kappa shape index (κ1) is 8.75. The van der Waals surface area contributed by atoms with Crippen LogP contribution < -0.4 is 0 Å². The van der Waals surface area contributed by atoms with E-state index in [9.17, 15) is 4.79 Å². The van der Waals surface area contributed by atoms with Gasteiger partial charge in [-0.2, -0.15) is 0 Å². The highest BCUT2D eigenvalue weighted by atomic mass is 16.7. The fraction of sp³-hybridized carbons (Fsp3) is 0.286. The summed E-state index contributed by atoms with van der Waals surface area (Å²) in [6.07, 6.45) is 2.24. The van der Waals surface area contributed by atoms with Crippen LogP contribution in [0.3, 0.4) is 0 Å². The molecule has 0 atom stereocenters. The van der Waals surface area contributed by atoms with E-state index in [0.29, 0.717) is 0 Å². The first-order valence-corrected chi connectivity index (χ1v) is 2.82. The molecule has 0 radical (unpaired) electrons. The minimum atomic E-state index is -0.695. The average Bonchev–Trinajstić information content (AvgIpc) is 1.97. The summed E-state index contributed by atoms with van der Waals surface area (Å²) in [6, 6.07) is 0. The third-order valence-corrected chi connectivity index (χ3v) is 0.638. The largest absolute Gasteiger partial charge is 0.508 e. The molecule has 0 fully saturated rings. The smallest absolute Gasteiger partial charge is 0.430 e. The molecular formula is C7H10O3. The van der Waals surface area contributed by atoms with Crippen LogP contribution >= 0.6 is 0 Å². The van der Waals surface area contributed by atoms with Crippen molar-refractivity contribution in [1.29, 1.82) is 0 Å². The van der Waals surface area contributed by atoms with E-state index in [1.165, 1.54) is 12.2 Å². The third kappa shape index (κ3) is 4.90. The van der Waals surface area contributed by atoms with Crippen LogP contribution in [0.2, 0.25) is 0 Å². The Bertz CT molecular complexity index is 115. The van der Waals surface area contributed by atoms with Crippen molar-refractivity contribution in [1.82, 2.24) is 0 Å². The molecular weight excluding hydrogens is 132 g/mol. The SMILES string of the molecule is C=CCOC(=O)OCC=C. The van der Waals surface area contributed by atoms with Gasteiger partial charge in [-0.25, -0.2) is 4.79 Å². The first-order chi connectivity index (χ1) is 4.81. The van der Waals surface area contributed by atoms with Crippen LogP contribution in [-0.4, -0.2) is 19.4 Å². The van der Waals surface area contributed by atoms with Crippen molar-refractivity contribution in [2.24, 2.45) is 0 Å². The Hall–Kier alpha value is -1.25. The fourth-order valence-electron chi connectivity index (χ4n) is 0.296. The van der Waals surface area contributed by atoms with E-state index in [4.69, 9.17) is 0 Å². The summed E-state index contributed by atoms with van der Waals surface area (Å²) in [6.45, 7) is 7.07. The van der Waals surface area contributed by atoms with Gasteiger partial charge in [0.25, 0.3) is 0 Å². The van der Waals surface area contributed by atoms with Crippen LogP contribution in [0.1, 0.15) is 0 Å². The van der Waals surface area contributed by atoms with Gasteiger partial charge in [0.15, 0.2) is 0 Å². The molecule has 0 aromatic carbocycles. The van der Waals surface area contributed by atoms with Gasteiger partial charge >= 0.3 is 6.16 Å². The second-order valence-corrected chi connectivity index (χ2v) is 1.45. The van der Waals surface area contributed by atoms with Gasteiger partial charge in [-0.3, -0.25) is 0 Å². The zero-order chi connectivity index (χ0) is 7.82. The molecule has 0 saturated carbocycles. The quantitative estimate of drug-likeness (QED) is 0.441. The highest BCUT2D eigenvalue weighted by Gasteiger charge is 1.97. The maximum atomic E-state index is 10.4. The van der Waals surface area contributed by atoms with Crippen LogP contribution in [0, 0.1) is 0 Å². The van der Waals surface area contributed by atoms with E-state index in [1.807, 2.05) is 0 Å². The summed E-state index contributed by atoms with van der Waals surface area (Å²) in [7, 11) is 0. The molecule has 0 aromatic rings. The number of ether oxygens (including phenoxy) is 2. The maximum absolute atomic E-state index is 10.4. The Kier molecular flexibility index (Phi) is 5.14. The Morgan fingerprint density at radius 1 is 1.20 bits per heavy atom. The van der Waals surface area contributed by atoms with Crippen LogP contribution in [0.5, 0.6) is 0 Å². The summed E-state index contributed by atoms with van der Waals surface area (Å²) < 4.78 is 8.93. The molecule has 0 unspecified atom stereocenters. The third-order valence-electron chi connectivity index (χ3n) is 0.638. The number of hydrogen-bond donors (Lipinski definition) is 0. The molecule has 0 bridgehead atoms. The van der Waals surface area contributed by atoms with Gasteiger partial charge in [0, 0.05) is 0 Å². The lowest BCUT2D eigenvalue weighted by molar-refractivity contribution is 0.0718. The lowest BCUT2D eigenvalue weighted by Gasteiger charge is -1.99. The van der Waals surface area contributed by atoms with Crippen LogP contribution in [-0.2, 0) is 9.47 Å². The monoisotopic (exact) mass is 142 g/mol. The van der Waals surface area contributed by atoms with Gasteiger partial charge in [-0.1, -0.05) is 25.3 Å². The molecule has 0 aliphatic heterocycles. The molecule has 3 nitrogen and oxygen atoms in total. The van der Waals surface area contributed by atoms with E-state index in [1.54, 1.807) is 0 Å². The van der Waals surface area contributed by atoms with Crippen LogP contribution in [0.4, 0.5) is 4.79 Å². The Morgan fingerprint density at radius 2 is 1.60 bits per heavy atom. The molecule has 0 amide bonds. The predicted octanol–water partition coefficient (Wildman–Crippen LogP) is 1.51. The van der Waals surface area contributed by atoms with E-state index in [0.717, 1.165) is 0 Å². The highest BCUT2D eigenvalue weighted by molar-refractivity contribution is 5.60. The molecule has 3 heteroatoms. The van der Waals surface area contributed by atoms with Crippen LogP contribution in [0.15, 0.2) is 25.3 Å². The molecule has 0 spiro atoms. The summed E-state index contributed by atoms with van der Waals surface area (Å²) in [5.74, 6) is 0. The van der Waals surface area contributed by atoms with Crippen molar-refractivity contribution < 1.29 is 14.3 Å². The Labute approximate surface area is 59.9 Å². The van der Waals surface area contributed by atoms with E-state index in [2.05, 4.69) is 22.6 Å². The normalized spacial score (nSPS) is 8.00. The van der Waals surface area contributed by atoms with Gasteiger partial charge in [-0.15, -0.1) is 0 Å². The fourth-order valence-corrected chi connectivity index (χ4v) is 0.296. The molecule has 0 saturated heterocycles. The Morgan fingerprint density at radius 3 is 1.90 bits per heavy atom. The summed E-state index contributed by atoms with van der Waals surface area (Å²) in [4.78, 5) is 10.4. The summed E-state index contributed by atoms with van der Waals surface area (Å²) in [5.41, 5.74) is 0. The second-order valence-electron chi connectivity index (χ2n) is 1.45. The van der Waals surface area contributed by atoms with E-state index in [-0.39, 0.29) is 13.2 Å². The van der Waals surface area contributed by atoms with Crippen molar-refractivity contribution in [2.75, 3.05) is 13.2 Å². The Balaban J connectivity index is 3.24. The van der Waals surface area contributed by atoms with Crippen molar-refractivity contribution >= 4 is 6.16 Å². The van der Waals surface area contributed by atoms with E-state index < -0.39 is 6.16 Å². The lowest BCUT2D eigenvalue weighted by Crippen LogP contribution is -2.06. The van der Waals surface area contributed by atoms with Gasteiger partial charge < -0.3 is 9.47 Å². The zero-order valence-corrected chi connectivity index (χ0v) is 5.71. The molecule has 0 heterocycles. The standard InChI is InChI=1S/C7H10O3/c1-3-5-9-7(8)10-6-4-2/h3-4H,1-2,5-6H2. The molecule has 0 N–H and O–H groups in total. The number of rotatable bonds is 4. The molecule has 0 rings (SSSR count). The number of hydrogen-bond acceptors (Lipinski definition) is 3. The number of carbonyl (C=O) groups excluding carboxylic acids is 1. The van der Waals surface area contributed by atoms with Gasteiger partial charge in [0.1, 0.15) is 13.2 Å². The van der Waals surface area contributed by atoms with Gasteiger partial charge in [0.2, 0.25) is 0 Å². The first-order valence-electron chi connectivity index (χ1n) is 2.82. The van der Waals surface area contributed by atoms with Crippen molar-refractivity contribution in [3.8, 4) is 0 Å². The maximum Gasteiger partial charge on any atom is 0.508 e. The minimum absolute atomic E-state index is 0.177. The number of carbonyl (C=O) groups is 1. The van der Waals surface area contributed by atoms with E-state index >= 15 is 0 Å². The molecule has 0 aliphatic carbocycles. The second kappa shape index (κ2) is 5.88. The average molecular weight is 142 g/mol. The lowest BCUT2D eigenvalue weighted by atomic mass is 10.7. The van der Waals surface area contributed by atoms with Gasteiger partial charge in [-0.05, 0) is 0 Å². The predicted molar refractivity (Wildman–Crippen MR) is 37.7 cm³/mol. The highest BCUT2D eigenvalue weighted by Crippen LogP contribution is 1.84. The van der Waals surface area contributed by atoms with Crippen LogP contribution in [0.25, 0.3) is 0 Å². The zero-order valence-electron chi connectivity index (χ0n) is 5.71. The topological polar surface area (TPSA) is 35.5 Å². The van der Waals surface area contributed by atoms with Crippen molar-refractivity contribution in [2.45, 2.75) is 0 Å². The molecule has 0 aliphatic rings. The summed E-state index contributed by atoms with van der Waals surface area (Å²) >= 11 is 0. The summed E-state index contributed by atoms with van der Waals surface area (Å²) in [5, 5.41) is 0. The minimum Gasteiger partial charge on any atom is -0.430 e. The molecule has 10 heavy (non-hydrogen) atoms. The molecule has 0 aromatic heterocycles. The van der Waals surface area contributed by atoms with Crippen molar-refractivity contribution in [3.05, 3.63) is 25.3 Å².